The van der Waals surface area contributed by atoms with Gasteiger partial charge >= 0.3 is 0 Å². The molecule has 0 aliphatic heterocycles. The minimum absolute atomic E-state index is 0.0405. The number of carbonyl (C=O) groups is 1. The molecule has 0 fully saturated rings. The molecule has 0 heterocycles. The quantitative estimate of drug-likeness (QED) is 0.846. The first-order chi connectivity index (χ1) is 10.1. The molecule has 0 aliphatic carbocycles. The van der Waals surface area contributed by atoms with Crippen molar-refractivity contribution in [3.05, 3.63) is 69.7 Å². The van der Waals surface area contributed by atoms with Crippen LogP contribution in [0.4, 0.5) is 0 Å². The monoisotopic (exact) mass is 345 g/mol. The fourth-order valence-electron chi connectivity index (χ4n) is 2.13. The van der Waals surface area contributed by atoms with Gasteiger partial charge in [-0.3, -0.25) is 4.79 Å². The average Bonchev–Trinajstić information content (AvgIpc) is 2.48. The first-order valence-electron chi connectivity index (χ1n) is 7.19. The van der Waals surface area contributed by atoms with E-state index in [4.69, 9.17) is 0 Å². The minimum Gasteiger partial charge on any atom is -0.352 e. The molecule has 21 heavy (non-hydrogen) atoms. The summed E-state index contributed by atoms with van der Waals surface area (Å²) in [6.07, 6.45) is 0.842. The van der Waals surface area contributed by atoms with Crippen molar-refractivity contribution in [1.82, 2.24) is 5.32 Å². The van der Waals surface area contributed by atoms with Crippen LogP contribution >= 0.6 is 15.9 Å². The number of benzene rings is 2. The molecule has 0 saturated carbocycles. The second-order valence-electron chi connectivity index (χ2n) is 5.38. The first-order valence-corrected chi connectivity index (χ1v) is 7.99. The zero-order valence-electron chi connectivity index (χ0n) is 12.4. The van der Waals surface area contributed by atoms with E-state index in [1.165, 1.54) is 11.1 Å². The number of hydrogen-bond acceptors (Lipinski definition) is 1. The lowest BCUT2D eigenvalue weighted by Gasteiger charge is -2.08. The van der Waals surface area contributed by atoms with Gasteiger partial charge in [-0.1, -0.05) is 50.2 Å². The van der Waals surface area contributed by atoms with Crippen LogP contribution in [0.5, 0.6) is 0 Å². The van der Waals surface area contributed by atoms with E-state index >= 15 is 0 Å². The molecule has 2 aromatic rings. The highest BCUT2D eigenvalue weighted by Crippen LogP contribution is 2.16. The van der Waals surface area contributed by atoms with Gasteiger partial charge in [0, 0.05) is 11.0 Å². The number of carbonyl (C=O) groups excluding carboxylic acids is 1. The molecule has 0 unspecified atom stereocenters. The van der Waals surface area contributed by atoms with Crippen molar-refractivity contribution in [2.75, 3.05) is 6.54 Å². The Morgan fingerprint density at radius 2 is 1.76 bits per heavy atom. The molecule has 2 nitrogen and oxygen atoms in total. The number of halogens is 1. The van der Waals surface area contributed by atoms with E-state index in [0.29, 0.717) is 18.0 Å². The molecule has 0 aromatic heterocycles. The molecule has 3 heteroatoms. The van der Waals surface area contributed by atoms with Gasteiger partial charge in [0.25, 0.3) is 5.91 Å². The maximum absolute atomic E-state index is 12.1. The smallest absolute Gasteiger partial charge is 0.252 e. The largest absolute Gasteiger partial charge is 0.352 e. The van der Waals surface area contributed by atoms with Crippen molar-refractivity contribution in [2.45, 2.75) is 26.2 Å². The van der Waals surface area contributed by atoms with E-state index in [1.54, 1.807) is 0 Å². The van der Waals surface area contributed by atoms with Gasteiger partial charge in [-0.25, -0.2) is 0 Å². The van der Waals surface area contributed by atoms with E-state index in [1.807, 2.05) is 24.3 Å². The molecule has 0 aliphatic rings. The molecule has 0 radical (unpaired) electrons. The van der Waals surface area contributed by atoms with Crippen LogP contribution < -0.4 is 5.32 Å². The highest BCUT2D eigenvalue weighted by atomic mass is 79.9. The zero-order chi connectivity index (χ0) is 15.2. The predicted molar refractivity (Wildman–Crippen MR) is 90.7 cm³/mol. The second kappa shape index (κ2) is 7.41. The summed E-state index contributed by atoms with van der Waals surface area (Å²) in [4.78, 5) is 12.1. The summed E-state index contributed by atoms with van der Waals surface area (Å²) in [6.45, 7) is 5.01. The molecular formula is C18H20BrNO. The summed E-state index contributed by atoms with van der Waals surface area (Å²) < 4.78 is 0.823. The highest BCUT2D eigenvalue weighted by molar-refractivity contribution is 9.10. The van der Waals surface area contributed by atoms with Crippen LogP contribution in [-0.2, 0) is 6.42 Å². The van der Waals surface area contributed by atoms with E-state index in [-0.39, 0.29) is 5.91 Å². The lowest BCUT2D eigenvalue weighted by atomic mass is 10.0. The Morgan fingerprint density at radius 1 is 1.10 bits per heavy atom. The number of amides is 1. The molecular weight excluding hydrogens is 326 g/mol. The van der Waals surface area contributed by atoms with Gasteiger partial charge in [-0.15, -0.1) is 0 Å². The molecule has 0 bridgehead atoms. The molecule has 2 rings (SSSR count). The van der Waals surface area contributed by atoms with Crippen LogP contribution in [0.1, 0.15) is 41.3 Å². The van der Waals surface area contributed by atoms with Crippen molar-refractivity contribution in [3.63, 3.8) is 0 Å². The van der Waals surface area contributed by atoms with Gasteiger partial charge < -0.3 is 5.32 Å². The van der Waals surface area contributed by atoms with E-state index in [2.05, 4.69) is 59.4 Å². The number of nitrogens with one attached hydrogen (secondary N) is 1. The van der Waals surface area contributed by atoms with Gasteiger partial charge in [0.1, 0.15) is 0 Å². The molecule has 0 atom stereocenters. The lowest BCUT2D eigenvalue weighted by molar-refractivity contribution is 0.0953. The summed E-state index contributed by atoms with van der Waals surface area (Å²) in [6, 6.07) is 16.1. The Kier molecular flexibility index (Phi) is 5.57. The molecule has 1 N–H and O–H groups in total. The third kappa shape index (κ3) is 4.43. The standard InChI is InChI=1S/C18H20BrNO/c1-13(2)15-9-7-14(8-10-15)11-12-20-18(21)16-5-3-4-6-17(16)19/h3-10,13H,11-12H2,1-2H3,(H,20,21). The van der Waals surface area contributed by atoms with Gasteiger partial charge in [-0.2, -0.15) is 0 Å². The SMILES string of the molecule is CC(C)c1ccc(CCNC(=O)c2ccccc2Br)cc1. The van der Waals surface area contributed by atoms with Gasteiger partial charge in [-0.05, 0) is 51.5 Å². The van der Waals surface area contributed by atoms with Gasteiger partial charge in [0.05, 0.1) is 5.56 Å². The lowest BCUT2D eigenvalue weighted by Crippen LogP contribution is -2.25. The third-order valence-corrected chi connectivity index (χ3v) is 4.16. The normalized spacial score (nSPS) is 10.7. The van der Waals surface area contributed by atoms with Gasteiger partial charge in [0.15, 0.2) is 0 Å². The fraction of sp³-hybridized carbons (Fsp3) is 0.278. The van der Waals surface area contributed by atoms with E-state index in [9.17, 15) is 4.79 Å². The van der Waals surface area contributed by atoms with Crippen molar-refractivity contribution in [2.24, 2.45) is 0 Å². The maximum atomic E-state index is 12.1. The van der Waals surface area contributed by atoms with Crippen LogP contribution in [0.2, 0.25) is 0 Å². The Balaban J connectivity index is 1.87. The molecule has 0 saturated heterocycles. The van der Waals surface area contributed by atoms with Crippen LogP contribution in [0.3, 0.4) is 0 Å². The Bertz CT molecular complexity index is 605. The summed E-state index contributed by atoms with van der Waals surface area (Å²) in [5.74, 6) is 0.510. The zero-order valence-corrected chi connectivity index (χ0v) is 14.0. The first kappa shape index (κ1) is 15.8. The van der Waals surface area contributed by atoms with Crippen LogP contribution in [0.15, 0.2) is 53.0 Å². The Hall–Kier alpha value is -1.61. The van der Waals surface area contributed by atoms with Crippen molar-refractivity contribution in [3.8, 4) is 0 Å². The topological polar surface area (TPSA) is 29.1 Å². The maximum Gasteiger partial charge on any atom is 0.252 e. The second-order valence-corrected chi connectivity index (χ2v) is 6.24. The van der Waals surface area contributed by atoms with E-state index in [0.717, 1.165) is 10.9 Å². The van der Waals surface area contributed by atoms with Gasteiger partial charge in [0.2, 0.25) is 0 Å². The number of hydrogen-bond donors (Lipinski definition) is 1. The van der Waals surface area contributed by atoms with Crippen LogP contribution in [-0.4, -0.2) is 12.5 Å². The highest BCUT2D eigenvalue weighted by Gasteiger charge is 2.08. The summed E-state index contributed by atoms with van der Waals surface area (Å²) in [7, 11) is 0. The molecule has 110 valence electrons. The molecule has 2 aromatic carbocycles. The minimum atomic E-state index is -0.0405. The van der Waals surface area contributed by atoms with Crippen LogP contribution in [0, 0.1) is 0 Å². The third-order valence-electron chi connectivity index (χ3n) is 3.46. The molecule has 1 amide bonds. The Labute approximate surface area is 134 Å². The number of rotatable bonds is 5. The van der Waals surface area contributed by atoms with E-state index < -0.39 is 0 Å². The average molecular weight is 346 g/mol. The van der Waals surface area contributed by atoms with Crippen molar-refractivity contribution < 1.29 is 4.79 Å². The Morgan fingerprint density at radius 3 is 2.38 bits per heavy atom. The van der Waals surface area contributed by atoms with Crippen molar-refractivity contribution in [1.29, 1.82) is 0 Å². The summed E-state index contributed by atoms with van der Waals surface area (Å²) in [5, 5.41) is 2.96. The van der Waals surface area contributed by atoms with Crippen LogP contribution in [0.25, 0.3) is 0 Å². The summed E-state index contributed by atoms with van der Waals surface area (Å²) >= 11 is 3.39. The summed E-state index contributed by atoms with van der Waals surface area (Å²) in [5.41, 5.74) is 3.26. The molecule has 0 spiro atoms. The fourth-order valence-corrected chi connectivity index (χ4v) is 2.59. The predicted octanol–water partition coefficient (Wildman–Crippen LogP) is 4.55. The van der Waals surface area contributed by atoms with Crippen molar-refractivity contribution >= 4 is 21.8 Å².